The van der Waals surface area contributed by atoms with Gasteiger partial charge < -0.3 is 14.8 Å². The van der Waals surface area contributed by atoms with Crippen LogP contribution < -0.4 is 0 Å². The van der Waals surface area contributed by atoms with E-state index < -0.39 is 5.60 Å². The van der Waals surface area contributed by atoms with E-state index in [0.717, 1.165) is 22.0 Å². The topological polar surface area (TPSA) is 45.2 Å². The molecular formula is C17H17NO2. The van der Waals surface area contributed by atoms with E-state index in [1.807, 2.05) is 60.8 Å². The quantitative estimate of drug-likeness (QED) is 0.763. The van der Waals surface area contributed by atoms with Gasteiger partial charge in [0.25, 0.3) is 0 Å². The zero-order valence-electron chi connectivity index (χ0n) is 11.3. The van der Waals surface area contributed by atoms with Crippen LogP contribution in [0.4, 0.5) is 0 Å². The second-order valence-corrected chi connectivity index (χ2v) is 4.90. The molecule has 0 saturated heterocycles. The zero-order chi connectivity index (χ0) is 14.0. The van der Waals surface area contributed by atoms with E-state index in [1.165, 1.54) is 0 Å². The highest BCUT2D eigenvalue weighted by Gasteiger charge is 2.33. The molecule has 3 heteroatoms. The smallest absolute Gasteiger partial charge is 0.138 e. The molecule has 2 N–H and O–H groups in total. The van der Waals surface area contributed by atoms with Crippen molar-refractivity contribution in [2.24, 2.45) is 0 Å². The highest BCUT2D eigenvalue weighted by Crippen LogP contribution is 2.34. The molecule has 0 aliphatic heterocycles. The van der Waals surface area contributed by atoms with Crippen LogP contribution in [-0.4, -0.2) is 23.8 Å². The Morgan fingerprint density at radius 1 is 1.05 bits per heavy atom. The Bertz CT molecular complexity index is 705. The number of hydrogen-bond acceptors (Lipinski definition) is 2. The summed E-state index contributed by atoms with van der Waals surface area (Å²) in [6, 6.07) is 17.5. The molecule has 1 aromatic heterocycles. The number of aromatic amines is 1. The van der Waals surface area contributed by atoms with Crippen LogP contribution in [0.5, 0.6) is 0 Å². The molecule has 3 rings (SSSR count). The minimum absolute atomic E-state index is 0.210. The highest BCUT2D eigenvalue weighted by atomic mass is 16.5. The number of methoxy groups -OCH3 is 1. The van der Waals surface area contributed by atoms with Gasteiger partial charge in [-0.3, -0.25) is 0 Å². The van der Waals surface area contributed by atoms with Crippen LogP contribution in [0, 0.1) is 0 Å². The second-order valence-electron chi connectivity index (χ2n) is 4.90. The summed E-state index contributed by atoms with van der Waals surface area (Å²) in [4.78, 5) is 3.17. The first-order chi connectivity index (χ1) is 9.75. The Hall–Kier alpha value is -2.10. The van der Waals surface area contributed by atoms with Gasteiger partial charge >= 0.3 is 0 Å². The van der Waals surface area contributed by atoms with Crippen LogP contribution in [-0.2, 0) is 10.3 Å². The van der Waals surface area contributed by atoms with Crippen LogP contribution in [0.15, 0.2) is 60.8 Å². The lowest BCUT2D eigenvalue weighted by atomic mass is 9.85. The van der Waals surface area contributed by atoms with Crippen molar-refractivity contribution in [3.05, 3.63) is 71.9 Å². The lowest BCUT2D eigenvalue weighted by Crippen LogP contribution is -2.32. The minimum Gasteiger partial charge on any atom is -0.381 e. The summed E-state index contributed by atoms with van der Waals surface area (Å²) < 4.78 is 5.28. The maximum atomic E-state index is 11.2. The molecule has 1 heterocycles. The number of fused-ring (bicyclic) bond motifs is 1. The molecule has 0 aliphatic carbocycles. The maximum absolute atomic E-state index is 11.2. The Morgan fingerprint density at radius 2 is 1.85 bits per heavy atom. The fourth-order valence-electron chi connectivity index (χ4n) is 2.69. The van der Waals surface area contributed by atoms with Crippen molar-refractivity contribution in [1.82, 2.24) is 4.98 Å². The first-order valence-corrected chi connectivity index (χ1v) is 6.59. The average Bonchev–Trinajstić information content (AvgIpc) is 2.96. The molecule has 2 aromatic carbocycles. The number of benzene rings is 2. The molecule has 102 valence electrons. The third kappa shape index (κ3) is 2.01. The van der Waals surface area contributed by atoms with Crippen LogP contribution >= 0.6 is 0 Å². The number of H-pyrrole nitrogens is 1. The molecule has 0 aliphatic rings. The predicted molar refractivity (Wildman–Crippen MR) is 79.6 cm³/mol. The van der Waals surface area contributed by atoms with Gasteiger partial charge in [-0.2, -0.15) is 0 Å². The molecule has 1 unspecified atom stereocenters. The zero-order valence-corrected chi connectivity index (χ0v) is 11.3. The van der Waals surface area contributed by atoms with E-state index in [2.05, 4.69) is 4.98 Å². The van der Waals surface area contributed by atoms with E-state index in [4.69, 9.17) is 4.74 Å². The van der Waals surface area contributed by atoms with Crippen LogP contribution in [0.3, 0.4) is 0 Å². The lowest BCUT2D eigenvalue weighted by molar-refractivity contribution is -0.00220. The summed E-state index contributed by atoms with van der Waals surface area (Å²) in [6.07, 6.45) is 1.88. The molecule has 0 saturated carbocycles. The molecule has 0 fully saturated rings. The summed E-state index contributed by atoms with van der Waals surface area (Å²) in [5.74, 6) is 0. The highest BCUT2D eigenvalue weighted by molar-refractivity contribution is 5.84. The summed E-state index contributed by atoms with van der Waals surface area (Å²) in [6.45, 7) is 0.210. The van der Waals surface area contributed by atoms with Crippen molar-refractivity contribution in [1.29, 1.82) is 0 Å². The van der Waals surface area contributed by atoms with Crippen LogP contribution in [0.1, 0.15) is 11.1 Å². The first kappa shape index (κ1) is 12.9. The Balaban J connectivity index is 2.23. The summed E-state index contributed by atoms with van der Waals surface area (Å²) in [5.41, 5.74) is 1.53. The van der Waals surface area contributed by atoms with Gasteiger partial charge in [0, 0.05) is 24.2 Å². The number of rotatable bonds is 4. The molecule has 0 amide bonds. The SMILES string of the molecule is COCC(O)(c1ccccc1)c1cccc2[nH]ccc12. The number of ether oxygens (including phenoxy) is 1. The van der Waals surface area contributed by atoms with Gasteiger partial charge in [-0.1, -0.05) is 42.5 Å². The summed E-state index contributed by atoms with van der Waals surface area (Å²) >= 11 is 0. The van der Waals surface area contributed by atoms with Crippen LogP contribution in [0.2, 0.25) is 0 Å². The molecule has 1 atom stereocenters. The molecule has 20 heavy (non-hydrogen) atoms. The number of nitrogens with one attached hydrogen (secondary N) is 1. The Kier molecular flexibility index (Phi) is 3.30. The van der Waals surface area contributed by atoms with E-state index in [-0.39, 0.29) is 6.61 Å². The van der Waals surface area contributed by atoms with Gasteiger partial charge in [0.1, 0.15) is 5.60 Å². The average molecular weight is 267 g/mol. The van der Waals surface area contributed by atoms with Crippen LogP contribution in [0.25, 0.3) is 10.9 Å². The van der Waals surface area contributed by atoms with Gasteiger partial charge in [-0.05, 0) is 23.3 Å². The molecule has 3 nitrogen and oxygen atoms in total. The van der Waals surface area contributed by atoms with Crippen molar-refractivity contribution in [2.75, 3.05) is 13.7 Å². The van der Waals surface area contributed by atoms with Crippen molar-refractivity contribution in [2.45, 2.75) is 5.60 Å². The van der Waals surface area contributed by atoms with Gasteiger partial charge in [0.05, 0.1) is 6.61 Å². The van der Waals surface area contributed by atoms with Crippen molar-refractivity contribution >= 4 is 10.9 Å². The van der Waals surface area contributed by atoms with Gasteiger partial charge in [-0.25, -0.2) is 0 Å². The first-order valence-electron chi connectivity index (χ1n) is 6.59. The van der Waals surface area contributed by atoms with E-state index in [0.29, 0.717) is 0 Å². The lowest BCUT2D eigenvalue weighted by Gasteiger charge is -2.29. The monoisotopic (exact) mass is 267 g/mol. The third-order valence-corrected chi connectivity index (χ3v) is 3.65. The van der Waals surface area contributed by atoms with E-state index in [9.17, 15) is 5.11 Å². The molecule has 0 radical (unpaired) electrons. The Morgan fingerprint density at radius 3 is 2.60 bits per heavy atom. The fraction of sp³-hybridized carbons (Fsp3) is 0.176. The normalized spacial score (nSPS) is 14.3. The number of aliphatic hydroxyl groups is 1. The van der Waals surface area contributed by atoms with E-state index in [1.54, 1.807) is 7.11 Å². The van der Waals surface area contributed by atoms with Crippen molar-refractivity contribution in [3.63, 3.8) is 0 Å². The molecule has 0 bridgehead atoms. The molecule has 0 spiro atoms. The van der Waals surface area contributed by atoms with Gasteiger partial charge in [0.15, 0.2) is 0 Å². The van der Waals surface area contributed by atoms with Crippen molar-refractivity contribution in [3.8, 4) is 0 Å². The second kappa shape index (κ2) is 5.12. The Labute approximate surface area is 117 Å². The fourth-order valence-corrected chi connectivity index (χ4v) is 2.69. The number of aromatic nitrogens is 1. The van der Waals surface area contributed by atoms with Gasteiger partial charge in [0.2, 0.25) is 0 Å². The maximum Gasteiger partial charge on any atom is 0.138 e. The summed E-state index contributed by atoms with van der Waals surface area (Å²) in [5, 5.41) is 12.2. The largest absolute Gasteiger partial charge is 0.381 e. The van der Waals surface area contributed by atoms with E-state index >= 15 is 0 Å². The summed E-state index contributed by atoms with van der Waals surface area (Å²) in [7, 11) is 1.60. The molecule has 3 aromatic rings. The van der Waals surface area contributed by atoms with Crippen molar-refractivity contribution < 1.29 is 9.84 Å². The standard InChI is InChI=1S/C17H17NO2/c1-20-12-17(19,13-6-3-2-4-7-13)15-8-5-9-16-14(15)10-11-18-16/h2-11,18-19H,12H2,1H3. The predicted octanol–water partition coefficient (Wildman–Crippen LogP) is 3.05. The minimum atomic E-state index is -1.16. The third-order valence-electron chi connectivity index (χ3n) is 3.65. The van der Waals surface area contributed by atoms with Gasteiger partial charge in [-0.15, -0.1) is 0 Å². The molecular weight excluding hydrogens is 250 g/mol. The number of hydrogen-bond donors (Lipinski definition) is 2.